The smallest absolute Gasteiger partial charge is 0.249 e. The fourth-order valence-electron chi connectivity index (χ4n) is 1.32. The molecule has 0 radical (unpaired) electrons. The van der Waals surface area contributed by atoms with Gasteiger partial charge in [-0.05, 0) is 35.9 Å². The van der Waals surface area contributed by atoms with Crippen molar-refractivity contribution in [3.63, 3.8) is 0 Å². The molecule has 7 nitrogen and oxygen atoms in total. The number of nitrogens with zero attached hydrogens (tertiary/aromatic N) is 2. The second kappa shape index (κ2) is 5.21. The van der Waals surface area contributed by atoms with Crippen LogP contribution in [0.1, 0.15) is 11.3 Å². The number of aromatic nitrogens is 2. The van der Waals surface area contributed by atoms with Gasteiger partial charge in [0.2, 0.25) is 11.7 Å². The van der Waals surface area contributed by atoms with Gasteiger partial charge in [-0.25, -0.2) is 4.63 Å². The topological polar surface area (TPSA) is 108 Å². The van der Waals surface area contributed by atoms with Crippen LogP contribution in [-0.4, -0.2) is 26.4 Å². The van der Waals surface area contributed by atoms with E-state index in [1.54, 1.807) is 13.0 Å². The molecule has 98 valence electrons. The van der Waals surface area contributed by atoms with Gasteiger partial charge < -0.3 is 15.5 Å². The highest BCUT2D eigenvalue weighted by atomic mass is 16.6. The summed E-state index contributed by atoms with van der Waals surface area (Å²) in [4.78, 5) is 11.6. The molecule has 2 aromatic rings. The molecule has 0 fully saturated rings. The van der Waals surface area contributed by atoms with Gasteiger partial charge in [0.25, 0.3) is 0 Å². The van der Waals surface area contributed by atoms with Crippen LogP contribution in [0.2, 0.25) is 0 Å². The van der Waals surface area contributed by atoms with Crippen molar-refractivity contribution >= 4 is 17.8 Å². The number of amides is 1. The van der Waals surface area contributed by atoms with E-state index in [2.05, 4.69) is 20.3 Å². The van der Waals surface area contributed by atoms with Crippen molar-refractivity contribution < 1.29 is 19.6 Å². The third-order valence-electron chi connectivity index (χ3n) is 2.32. The number of nitrogens with one attached hydrogen (secondary N) is 1. The van der Waals surface area contributed by atoms with Crippen LogP contribution in [-0.2, 0) is 4.79 Å². The second-order valence-electron chi connectivity index (χ2n) is 3.77. The van der Waals surface area contributed by atoms with Gasteiger partial charge in [0.05, 0.1) is 0 Å². The molecule has 1 aromatic carbocycles. The van der Waals surface area contributed by atoms with Gasteiger partial charge in [0.15, 0.2) is 11.5 Å². The van der Waals surface area contributed by atoms with E-state index in [-0.39, 0.29) is 17.3 Å². The highest BCUT2D eigenvalue weighted by molar-refractivity contribution is 6.01. The predicted octanol–water partition coefficient (Wildman–Crippen LogP) is 1.44. The van der Waals surface area contributed by atoms with Crippen LogP contribution >= 0.6 is 0 Å². The molecule has 0 saturated heterocycles. The lowest BCUT2D eigenvalue weighted by atomic mass is 10.2. The molecule has 0 unspecified atom stereocenters. The number of anilines is 1. The molecule has 19 heavy (non-hydrogen) atoms. The van der Waals surface area contributed by atoms with Gasteiger partial charge in [-0.3, -0.25) is 4.79 Å². The lowest BCUT2D eigenvalue weighted by molar-refractivity contribution is -0.111. The zero-order valence-electron chi connectivity index (χ0n) is 9.99. The molecule has 1 heterocycles. The first-order chi connectivity index (χ1) is 9.06. The van der Waals surface area contributed by atoms with Crippen molar-refractivity contribution in [2.24, 2.45) is 0 Å². The first kappa shape index (κ1) is 12.6. The van der Waals surface area contributed by atoms with Crippen molar-refractivity contribution in [3.8, 4) is 11.5 Å². The molecule has 0 aliphatic rings. The number of carbonyl (C=O) groups is 1. The summed E-state index contributed by atoms with van der Waals surface area (Å²) in [5, 5.41) is 28.0. The zero-order valence-corrected chi connectivity index (χ0v) is 9.99. The summed E-state index contributed by atoms with van der Waals surface area (Å²) in [5.74, 6) is -0.625. The van der Waals surface area contributed by atoms with Crippen LogP contribution in [0.15, 0.2) is 28.9 Å². The second-order valence-corrected chi connectivity index (χ2v) is 3.77. The maximum absolute atomic E-state index is 11.6. The highest BCUT2D eigenvalue weighted by Gasteiger charge is 2.06. The molecule has 0 bridgehead atoms. The quantitative estimate of drug-likeness (QED) is 0.570. The standard InChI is InChI=1S/C12H11N3O4/c1-7-12(15-19-14-7)13-11(18)5-3-8-2-4-9(16)10(17)6-8/h2-6,16-17H,1H3,(H,13,15,18)/b5-3+. The number of hydrogen-bond acceptors (Lipinski definition) is 6. The molecule has 1 aromatic heterocycles. The lowest BCUT2D eigenvalue weighted by Crippen LogP contribution is -2.08. The molecule has 0 aliphatic carbocycles. The highest BCUT2D eigenvalue weighted by Crippen LogP contribution is 2.25. The Morgan fingerprint density at radius 3 is 2.74 bits per heavy atom. The van der Waals surface area contributed by atoms with Gasteiger partial charge in [-0.1, -0.05) is 11.2 Å². The van der Waals surface area contributed by atoms with E-state index < -0.39 is 5.91 Å². The van der Waals surface area contributed by atoms with Gasteiger partial charge >= 0.3 is 0 Å². The van der Waals surface area contributed by atoms with E-state index in [0.717, 1.165) is 0 Å². The Labute approximate surface area is 108 Å². The Hall–Kier alpha value is -2.83. The molecule has 2 rings (SSSR count). The van der Waals surface area contributed by atoms with Crippen LogP contribution in [0.4, 0.5) is 5.82 Å². The van der Waals surface area contributed by atoms with Crippen molar-refractivity contribution in [1.29, 1.82) is 0 Å². The Balaban J connectivity index is 2.04. The summed E-state index contributed by atoms with van der Waals surface area (Å²) in [6.45, 7) is 1.65. The zero-order chi connectivity index (χ0) is 13.8. The van der Waals surface area contributed by atoms with Crippen LogP contribution in [0.5, 0.6) is 11.5 Å². The predicted molar refractivity (Wildman–Crippen MR) is 66.5 cm³/mol. The van der Waals surface area contributed by atoms with Crippen LogP contribution in [0.3, 0.4) is 0 Å². The van der Waals surface area contributed by atoms with E-state index in [1.165, 1.54) is 24.3 Å². The molecule has 0 spiro atoms. The average molecular weight is 261 g/mol. The molecule has 7 heteroatoms. The molecule has 0 atom stereocenters. The van der Waals surface area contributed by atoms with E-state index >= 15 is 0 Å². The van der Waals surface area contributed by atoms with Crippen molar-refractivity contribution in [2.45, 2.75) is 6.92 Å². The molecular formula is C12H11N3O4. The molecular weight excluding hydrogens is 250 g/mol. The fourth-order valence-corrected chi connectivity index (χ4v) is 1.32. The van der Waals surface area contributed by atoms with Crippen molar-refractivity contribution in [1.82, 2.24) is 10.3 Å². The minimum Gasteiger partial charge on any atom is -0.504 e. The summed E-state index contributed by atoms with van der Waals surface area (Å²) < 4.78 is 4.44. The summed E-state index contributed by atoms with van der Waals surface area (Å²) in [5.41, 5.74) is 1.05. The van der Waals surface area contributed by atoms with Gasteiger partial charge in [-0.15, -0.1) is 0 Å². The molecule has 0 aliphatic heterocycles. The Kier molecular flexibility index (Phi) is 3.46. The van der Waals surface area contributed by atoms with E-state index in [9.17, 15) is 9.90 Å². The number of aromatic hydroxyl groups is 2. The SMILES string of the molecule is Cc1nonc1NC(=O)/C=C/c1ccc(O)c(O)c1. The number of carbonyl (C=O) groups excluding carboxylic acids is 1. The van der Waals surface area contributed by atoms with Crippen LogP contribution < -0.4 is 5.32 Å². The maximum Gasteiger partial charge on any atom is 0.249 e. The van der Waals surface area contributed by atoms with Crippen molar-refractivity contribution in [3.05, 3.63) is 35.5 Å². The molecule has 0 saturated carbocycles. The third-order valence-corrected chi connectivity index (χ3v) is 2.32. The summed E-state index contributed by atoms with van der Waals surface area (Å²) >= 11 is 0. The minimum absolute atomic E-state index is 0.217. The molecule has 3 N–H and O–H groups in total. The van der Waals surface area contributed by atoms with Crippen molar-refractivity contribution in [2.75, 3.05) is 5.32 Å². The minimum atomic E-state index is -0.411. The van der Waals surface area contributed by atoms with Gasteiger partial charge in [-0.2, -0.15) is 0 Å². The largest absolute Gasteiger partial charge is 0.504 e. The first-order valence-electron chi connectivity index (χ1n) is 5.36. The number of aryl methyl sites for hydroxylation is 1. The van der Waals surface area contributed by atoms with E-state index in [0.29, 0.717) is 11.3 Å². The Bertz CT molecular complexity index is 634. The lowest BCUT2D eigenvalue weighted by Gasteiger charge is -1.99. The number of benzene rings is 1. The summed E-state index contributed by atoms with van der Waals surface area (Å²) in [6, 6.07) is 4.22. The fraction of sp³-hybridized carbons (Fsp3) is 0.0833. The van der Waals surface area contributed by atoms with Crippen LogP contribution in [0.25, 0.3) is 6.08 Å². The Morgan fingerprint density at radius 1 is 1.32 bits per heavy atom. The van der Waals surface area contributed by atoms with Gasteiger partial charge in [0, 0.05) is 6.08 Å². The molecule has 1 amide bonds. The summed E-state index contributed by atoms with van der Waals surface area (Å²) in [7, 11) is 0. The van der Waals surface area contributed by atoms with E-state index in [4.69, 9.17) is 5.11 Å². The van der Waals surface area contributed by atoms with Crippen LogP contribution in [0, 0.1) is 6.92 Å². The number of rotatable bonds is 3. The third kappa shape index (κ3) is 3.09. The maximum atomic E-state index is 11.6. The monoisotopic (exact) mass is 261 g/mol. The average Bonchev–Trinajstić information content (AvgIpc) is 2.77. The first-order valence-corrected chi connectivity index (χ1v) is 5.36. The number of hydrogen-bond donors (Lipinski definition) is 3. The van der Waals surface area contributed by atoms with E-state index in [1.807, 2.05) is 0 Å². The van der Waals surface area contributed by atoms with Gasteiger partial charge in [0.1, 0.15) is 5.69 Å². The normalized spacial score (nSPS) is 10.8. The Morgan fingerprint density at radius 2 is 2.11 bits per heavy atom. The number of phenols is 2. The summed E-state index contributed by atoms with van der Waals surface area (Å²) in [6.07, 6.45) is 2.75. The number of phenolic OH excluding ortho intramolecular Hbond substituents is 2.